The van der Waals surface area contributed by atoms with Gasteiger partial charge in [0.25, 0.3) is 0 Å². The van der Waals surface area contributed by atoms with Crippen LogP contribution < -0.4 is 4.74 Å². The van der Waals surface area contributed by atoms with Crippen LogP contribution >= 0.6 is 15.9 Å². The predicted octanol–water partition coefficient (Wildman–Crippen LogP) is 4.16. The number of benzene rings is 2. The molecule has 112 valence electrons. The van der Waals surface area contributed by atoms with E-state index in [1.807, 2.05) is 6.07 Å². The first-order chi connectivity index (χ1) is 10.1. The first-order valence-corrected chi connectivity index (χ1v) is 7.90. The molecule has 0 fully saturated rings. The molecule has 2 aromatic rings. The Bertz CT molecular complexity index is 578. The number of halogens is 1. The van der Waals surface area contributed by atoms with Gasteiger partial charge in [-0.05, 0) is 64.9 Å². The van der Waals surface area contributed by atoms with Gasteiger partial charge in [0.05, 0.1) is 11.6 Å². The van der Waals surface area contributed by atoms with E-state index in [-0.39, 0.29) is 12.5 Å². The highest BCUT2D eigenvalue weighted by atomic mass is 79.9. The van der Waals surface area contributed by atoms with E-state index in [0.29, 0.717) is 0 Å². The molecule has 0 saturated heterocycles. The van der Waals surface area contributed by atoms with E-state index in [1.165, 1.54) is 16.7 Å². The zero-order chi connectivity index (χ0) is 15.2. The van der Waals surface area contributed by atoms with Crippen molar-refractivity contribution in [1.82, 2.24) is 0 Å². The van der Waals surface area contributed by atoms with Crippen LogP contribution in [0.4, 0.5) is 0 Å². The Hall–Kier alpha value is -1.32. The zero-order valence-electron chi connectivity index (χ0n) is 12.5. The van der Waals surface area contributed by atoms with Gasteiger partial charge in [-0.1, -0.05) is 35.9 Å². The van der Waals surface area contributed by atoms with Crippen molar-refractivity contribution in [2.45, 2.75) is 19.8 Å². The molecule has 0 heterocycles. The highest BCUT2D eigenvalue weighted by Gasteiger charge is 2.11. The minimum atomic E-state index is 0.192. The lowest BCUT2D eigenvalue weighted by atomic mass is 9.93. The summed E-state index contributed by atoms with van der Waals surface area (Å²) in [5.41, 5.74) is 3.74. The predicted molar refractivity (Wildman–Crippen MR) is 89.9 cm³/mol. The molecule has 0 radical (unpaired) electrons. The molecule has 0 aliphatic carbocycles. The van der Waals surface area contributed by atoms with Crippen molar-refractivity contribution in [2.75, 3.05) is 13.7 Å². The van der Waals surface area contributed by atoms with Crippen molar-refractivity contribution in [3.05, 3.63) is 63.6 Å². The van der Waals surface area contributed by atoms with E-state index >= 15 is 0 Å². The van der Waals surface area contributed by atoms with Crippen LogP contribution in [0, 0.1) is 12.8 Å². The summed E-state index contributed by atoms with van der Waals surface area (Å²) in [5, 5.41) is 9.64. The molecule has 0 bridgehead atoms. The third kappa shape index (κ3) is 4.58. The van der Waals surface area contributed by atoms with Crippen molar-refractivity contribution in [2.24, 2.45) is 5.92 Å². The topological polar surface area (TPSA) is 29.5 Å². The molecule has 3 heteroatoms. The quantitative estimate of drug-likeness (QED) is 0.849. The van der Waals surface area contributed by atoms with Crippen molar-refractivity contribution in [3.63, 3.8) is 0 Å². The van der Waals surface area contributed by atoms with Gasteiger partial charge < -0.3 is 9.84 Å². The van der Waals surface area contributed by atoms with Crippen LogP contribution in [0.2, 0.25) is 0 Å². The summed E-state index contributed by atoms with van der Waals surface area (Å²) in [5.74, 6) is 1.06. The Morgan fingerprint density at radius 2 is 1.67 bits per heavy atom. The summed E-state index contributed by atoms with van der Waals surface area (Å²) < 4.78 is 6.20. The van der Waals surface area contributed by atoms with E-state index in [4.69, 9.17) is 4.74 Å². The van der Waals surface area contributed by atoms with E-state index in [9.17, 15) is 5.11 Å². The molecule has 21 heavy (non-hydrogen) atoms. The van der Waals surface area contributed by atoms with E-state index in [2.05, 4.69) is 59.3 Å². The Morgan fingerprint density at radius 3 is 2.24 bits per heavy atom. The Kier molecular flexibility index (Phi) is 5.83. The van der Waals surface area contributed by atoms with Crippen LogP contribution in [0.5, 0.6) is 5.75 Å². The molecule has 0 aliphatic heterocycles. The number of hydrogen-bond acceptors (Lipinski definition) is 2. The molecule has 1 unspecified atom stereocenters. The highest BCUT2D eigenvalue weighted by molar-refractivity contribution is 9.10. The summed E-state index contributed by atoms with van der Waals surface area (Å²) in [7, 11) is 1.66. The number of aryl methyl sites for hydroxylation is 1. The van der Waals surface area contributed by atoms with Crippen LogP contribution in [0.1, 0.15) is 16.7 Å². The van der Waals surface area contributed by atoms with Gasteiger partial charge in [0, 0.05) is 6.61 Å². The average molecular weight is 349 g/mol. The molecule has 0 spiro atoms. The molecule has 0 amide bonds. The molecule has 2 rings (SSSR count). The highest BCUT2D eigenvalue weighted by Crippen LogP contribution is 2.27. The summed E-state index contributed by atoms with van der Waals surface area (Å²) in [6.07, 6.45) is 1.74. The second kappa shape index (κ2) is 7.62. The largest absolute Gasteiger partial charge is 0.496 e. The summed E-state index contributed by atoms with van der Waals surface area (Å²) in [4.78, 5) is 0. The number of rotatable bonds is 6. The number of aliphatic hydroxyl groups excluding tert-OH is 1. The maximum absolute atomic E-state index is 9.64. The molecule has 1 N–H and O–H groups in total. The number of hydrogen-bond donors (Lipinski definition) is 1. The molecule has 0 aliphatic rings. The van der Waals surface area contributed by atoms with Gasteiger partial charge in [-0.15, -0.1) is 0 Å². The summed E-state index contributed by atoms with van der Waals surface area (Å²) in [6.45, 7) is 2.28. The number of ether oxygens (including phenoxy) is 1. The Labute approximate surface area is 134 Å². The molecular formula is C18H21BrO2. The third-order valence-electron chi connectivity index (χ3n) is 3.64. The first-order valence-electron chi connectivity index (χ1n) is 7.11. The van der Waals surface area contributed by atoms with Gasteiger partial charge in [-0.2, -0.15) is 0 Å². The van der Waals surface area contributed by atoms with Gasteiger partial charge in [-0.25, -0.2) is 0 Å². The minimum Gasteiger partial charge on any atom is -0.496 e. The maximum atomic E-state index is 9.64. The lowest BCUT2D eigenvalue weighted by Gasteiger charge is -2.15. The number of aliphatic hydroxyl groups is 1. The van der Waals surface area contributed by atoms with E-state index in [1.54, 1.807) is 7.11 Å². The summed E-state index contributed by atoms with van der Waals surface area (Å²) in [6, 6.07) is 14.6. The van der Waals surface area contributed by atoms with Gasteiger partial charge >= 0.3 is 0 Å². The maximum Gasteiger partial charge on any atom is 0.133 e. The van der Waals surface area contributed by atoms with Gasteiger partial charge in [-0.3, -0.25) is 0 Å². The normalized spacial score (nSPS) is 12.2. The molecule has 0 saturated carbocycles. The van der Waals surface area contributed by atoms with E-state index < -0.39 is 0 Å². The molecule has 1 atom stereocenters. The lowest BCUT2D eigenvalue weighted by Crippen LogP contribution is -2.13. The fourth-order valence-electron chi connectivity index (χ4n) is 2.43. The van der Waals surface area contributed by atoms with Crippen molar-refractivity contribution >= 4 is 15.9 Å². The first kappa shape index (κ1) is 16.1. The molecule has 0 aromatic heterocycles. The molecule has 2 aromatic carbocycles. The van der Waals surface area contributed by atoms with Crippen LogP contribution in [0.25, 0.3) is 0 Å². The minimum absolute atomic E-state index is 0.192. The van der Waals surface area contributed by atoms with Crippen LogP contribution in [-0.4, -0.2) is 18.8 Å². The monoisotopic (exact) mass is 348 g/mol. The second-order valence-electron chi connectivity index (χ2n) is 5.41. The summed E-state index contributed by atoms with van der Waals surface area (Å²) >= 11 is 3.51. The van der Waals surface area contributed by atoms with Gasteiger partial charge in [0.15, 0.2) is 0 Å². The fourth-order valence-corrected chi connectivity index (χ4v) is 3.02. The van der Waals surface area contributed by atoms with Crippen LogP contribution in [0.15, 0.2) is 46.9 Å². The van der Waals surface area contributed by atoms with Crippen molar-refractivity contribution in [3.8, 4) is 5.75 Å². The van der Waals surface area contributed by atoms with E-state index in [0.717, 1.165) is 23.1 Å². The van der Waals surface area contributed by atoms with Gasteiger partial charge in [0.2, 0.25) is 0 Å². The average Bonchev–Trinajstić information content (AvgIpc) is 2.49. The van der Waals surface area contributed by atoms with Crippen molar-refractivity contribution in [1.29, 1.82) is 0 Å². The smallest absolute Gasteiger partial charge is 0.133 e. The lowest BCUT2D eigenvalue weighted by molar-refractivity contribution is 0.225. The van der Waals surface area contributed by atoms with Crippen LogP contribution in [-0.2, 0) is 12.8 Å². The Balaban J connectivity index is 2.05. The van der Waals surface area contributed by atoms with Crippen molar-refractivity contribution < 1.29 is 9.84 Å². The SMILES string of the molecule is COc1ccc(CC(CO)Cc2ccc(C)cc2)cc1Br. The second-order valence-corrected chi connectivity index (χ2v) is 6.27. The standard InChI is InChI=1S/C18H21BrO2/c1-13-3-5-14(6-4-13)9-16(12-20)10-15-7-8-18(21-2)17(19)11-15/h3-8,11,16,20H,9-10,12H2,1-2H3. The Morgan fingerprint density at radius 1 is 1.05 bits per heavy atom. The zero-order valence-corrected chi connectivity index (χ0v) is 14.1. The fraction of sp³-hybridized carbons (Fsp3) is 0.333. The molecular weight excluding hydrogens is 328 g/mol. The molecule has 2 nitrogen and oxygen atoms in total. The third-order valence-corrected chi connectivity index (χ3v) is 4.26. The number of methoxy groups -OCH3 is 1. The van der Waals surface area contributed by atoms with Gasteiger partial charge in [0.1, 0.15) is 5.75 Å². The van der Waals surface area contributed by atoms with Crippen LogP contribution in [0.3, 0.4) is 0 Å².